The zero-order valence-electron chi connectivity index (χ0n) is 9.83. The van der Waals surface area contributed by atoms with E-state index in [0.717, 1.165) is 0 Å². The van der Waals surface area contributed by atoms with E-state index in [1.807, 2.05) is 16.8 Å². The lowest BCUT2D eigenvalue weighted by Crippen LogP contribution is -2.45. The van der Waals surface area contributed by atoms with E-state index in [0.29, 0.717) is 10.4 Å². The molecule has 0 fully saturated rings. The van der Waals surface area contributed by atoms with Gasteiger partial charge in [0.25, 0.3) is 0 Å². The number of nitrogens with two attached hydrogens (primary N) is 1. The minimum Gasteiger partial charge on any atom is -0.378 e. The van der Waals surface area contributed by atoms with E-state index in [-0.39, 0.29) is 6.54 Å². The number of rotatable bonds is 4. The number of hydrogen-bond donors (Lipinski definition) is 3. The van der Waals surface area contributed by atoms with Crippen molar-refractivity contribution in [2.24, 2.45) is 5.73 Å². The first-order valence-corrected chi connectivity index (χ1v) is 7.23. The molecule has 0 bridgehead atoms. The van der Waals surface area contributed by atoms with Crippen molar-refractivity contribution < 1.29 is 14.7 Å². The minimum absolute atomic E-state index is 0.105. The summed E-state index contributed by atoms with van der Waals surface area (Å²) in [4.78, 5) is 22.7. The van der Waals surface area contributed by atoms with Crippen molar-refractivity contribution >= 4 is 34.5 Å². The number of primary amides is 1. The van der Waals surface area contributed by atoms with Crippen LogP contribution in [-0.2, 0) is 15.2 Å². The summed E-state index contributed by atoms with van der Waals surface area (Å²) in [6.07, 6.45) is 0. The molecule has 2 aromatic heterocycles. The zero-order chi connectivity index (χ0) is 13.9. The van der Waals surface area contributed by atoms with Crippen LogP contribution in [0.3, 0.4) is 0 Å². The van der Waals surface area contributed by atoms with Gasteiger partial charge in [-0.3, -0.25) is 9.59 Å². The summed E-state index contributed by atoms with van der Waals surface area (Å²) in [6.45, 7) is -0.105. The van der Waals surface area contributed by atoms with E-state index in [1.54, 1.807) is 17.5 Å². The van der Waals surface area contributed by atoms with E-state index in [1.165, 1.54) is 22.7 Å². The molecule has 0 aliphatic rings. The van der Waals surface area contributed by atoms with E-state index < -0.39 is 17.4 Å². The molecule has 0 spiro atoms. The highest BCUT2D eigenvalue weighted by Gasteiger charge is 2.34. The lowest BCUT2D eigenvalue weighted by Gasteiger charge is -2.26. The van der Waals surface area contributed by atoms with Crippen molar-refractivity contribution in [3.63, 3.8) is 0 Å². The molecule has 0 saturated carbocycles. The number of carbonyl (C=O) groups is 2. The summed E-state index contributed by atoms with van der Waals surface area (Å²) < 4.78 is 0. The van der Waals surface area contributed by atoms with Crippen LogP contribution >= 0.6 is 22.7 Å². The quantitative estimate of drug-likeness (QED) is 0.723. The second-order valence-corrected chi connectivity index (χ2v) is 5.62. The third-order valence-electron chi connectivity index (χ3n) is 2.66. The van der Waals surface area contributed by atoms with Gasteiger partial charge in [-0.05, 0) is 28.3 Å². The molecule has 4 N–H and O–H groups in total. The number of aliphatic hydroxyl groups is 1. The van der Waals surface area contributed by atoms with Gasteiger partial charge in [-0.15, -0.1) is 11.3 Å². The maximum Gasteiger partial charge on any atom is 0.309 e. The fourth-order valence-corrected chi connectivity index (χ4v) is 3.21. The predicted molar refractivity (Wildman–Crippen MR) is 73.8 cm³/mol. The van der Waals surface area contributed by atoms with Crippen LogP contribution in [0, 0.1) is 0 Å². The van der Waals surface area contributed by atoms with Gasteiger partial charge in [0, 0.05) is 10.4 Å². The largest absolute Gasteiger partial charge is 0.378 e. The molecule has 0 aliphatic heterocycles. The molecule has 0 aromatic carbocycles. The average molecular weight is 296 g/mol. The number of hydrogen-bond acceptors (Lipinski definition) is 5. The third kappa shape index (κ3) is 2.83. The molecule has 5 nitrogen and oxygen atoms in total. The molecule has 0 saturated heterocycles. The van der Waals surface area contributed by atoms with Crippen LogP contribution < -0.4 is 11.1 Å². The summed E-state index contributed by atoms with van der Waals surface area (Å²) in [5, 5.41) is 18.6. The van der Waals surface area contributed by atoms with Gasteiger partial charge in [0.2, 0.25) is 0 Å². The van der Waals surface area contributed by atoms with Crippen molar-refractivity contribution in [2.75, 3.05) is 6.54 Å². The summed E-state index contributed by atoms with van der Waals surface area (Å²) >= 11 is 2.82. The van der Waals surface area contributed by atoms with Crippen LogP contribution in [0.25, 0.3) is 0 Å². The van der Waals surface area contributed by atoms with Crippen LogP contribution in [0.15, 0.2) is 34.3 Å². The average Bonchev–Trinajstić information content (AvgIpc) is 3.06. The Morgan fingerprint density at radius 2 is 2.16 bits per heavy atom. The maximum atomic E-state index is 11.2. The Morgan fingerprint density at radius 1 is 1.37 bits per heavy atom. The fourth-order valence-electron chi connectivity index (χ4n) is 1.64. The Hall–Kier alpha value is -1.70. The van der Waals surface area contributed by atoms with Crippen LogP contribution in [0.4, 0.5) is 0 Å². The van der Waals surface area contributed by atoms with Crippen LogP contribution in [-0.4, -0.2) is 23.5 Å². The second kappa shape index (κ2) is 5.52. The van der Waals surface area contributed by atoms with Crippen molar-refractivity contribution in [3.05, 3.63) is 44.8 Å². The first kappa shape index (κ1) is 13.7. The zero-order valence-corrected chi connectivity index (χ0v) is 11.5. The van der Waals surface area contributed by atoms with Gasteiger partial charge in [0.05, 0.1) is 6.54 Å². The van der Waals surface area contributed by atoms with Gasteiger partial charge >= 0.3 is 11.8 Å². The molecule has 0 radical (unpaired) electrons. The summed E-state index contributed by atoms with van der Waals surface area (Å²) in [7, 11) is 0. The van der Waals surface area contributed by atoms with Crippen LogP contribution in [0.1, 0.15) is 10.4 Å². The standard InChI is InChI=1S/C12H12N2O3S2/c13-10(15)11(16)14-7-12(17,8-3-5-18-6-8)9-2-1-4-19-9/h1-6,17H,7H2,(H2,13,15)(H,14,16). The summed E-state index contributed by atoms with van der Waals surface area (Å²) in [5.74, 6) is -1.98. The van der Waals surface area contributed by atoms with Crippen molar-refractivity contribution in [1.29, 1.82) is 0 Å². The Bertz CT molecular complexity index is 530. The van der Waals surface area contributed by atoms with Gasteiger partial charge < -0.3 is 16.2 Å². The molecular weight excluding hydrogens is 284 g/mol. The van der Waals surface area contributed by atoms with E-state index in [4.69, 9.17) is 5.73 Å². The molecule has 2 amide bonds. The molecule has 2 aromatic rings. The molecule has 1 unspecified atom stereocenters. The SMILES string of the molecule is NC(=O)C(=O)NCC(O)(c1ccsc1)c1cccs1. The first-order valence-electron chi connectivity index (χ1n) is 5.40. The monoisotopic (exact) mass is 296 g/mol. The van der Waals surface area contributed by atoms with Gasteiger partial charge in [-0.2, -0.15) is 11.3 Å². The highest BCUT2D eigenvalue weighted by Crippen LogP contribution is 2.33. The number of amides is 2. The second-order valence-electron chi connectivity index (χ2n) is 3.90. The van der Waals surface area contributed by atoms with Crippen molar-refractivity contribution in [3.8, 4) is 0 Å². The lowest BCUT2D eigenvalue weighted by molar-refractivity contribution is -0.137. The molecular formula is C12H12N2O3S2. The molecule has 2 heterocycles. The highest BCUT2D eigenvalue weighted by atomic mass is 32.1. The normalized spacial score (nSPS) is 13.7. The lowest BCUT2D eigenvalue weighted by atomic mass is 9.94. The summed E-state index contributed by atoms with van der Waals surface area (Å²) in [5.41, 5.74) is 4.20. The van der Waals surface area contributed by atoms with Crippen LogP contribution in [0.5, 0.6) is 0 Å². The topological polar surface area (TPSA) is 92.4 Å². The molecule has 1 atom stereocenters. The van der Waals surface area contributed by atoms with E-state index in [9.17, 15) is 14.7 Å². The number of carbonyl (C=O) groups excluding carboxylic acids is 2. The van der Waals surface area contributed by atoms with Crippen molar-refractivity contribution in [2.45, 2.75) is 5.60 Å². The van der Waals surface area contributed by atoms with Crippen molar-refractivity contribution in [1.82, 2.24) is 5.32 Å². The predicted octanol–water partition coefficient (Wildman–Crippen LogP) is 0.647. The molecule has 2 rings (SSSR count). The molecule has 100 valence electrons. The van der Waals surface area contributed by atoms with E-state index >= 15 is 0 Å². The molecule has 0 aliphatic carbocycles. The number of nitrogens with one attached hydrogen (secondary N) is 1. The van der Waals surface area contributed by atoms with Gasteiger partial charge in [0.1, 0.15) is 5.60 Å². The van der Waals surface area contributed by atoms with Gasteiger partial charge in [0.15, 0.2) is 0 Å². The first-order chi connectivity index (χ1) is 9.04. The Morgan fingerprint density at radius 3 is 2.68 bits per heavy atom. The Balaban J connectivity index is 2.26. The Kier molecular flexibility index (Phi) is 3.98. The highest BCUT2D eigenvalue weighted by molar-refractivity contribution is 7.10. The third-order valence-corrected chi connectivity index (χ3v) is 4.36. The fraction of sp³-hybridized carbons (Fsp3) is 0.167. The maximum absolute atomic E-state index is 11.2. The Labute approximate surface area is 117 Å². The number of thiophene rings is 2. The minimum atomic E-state index is -1.35. The van der Waals surface area contributed by atoms with Gasteiger partial charge in [-0.25, -0.2) is 0 Å². The smallest absolute Gasteiger partial charge is 0.309 e. The van der Waals surface area contributed by atoms with Crippen LogP contribution in [0.2, 0.25) is 0 Å². The molecule has 7 heteroatoms. The summed E-state index contributed by atoms with van der Waals surface area (Å²) in [6, 6.07) is 5.37. The molecule has 19 heavy (non-hydrogen) atoms. The van der Waals surface area contributed by atoms with Gasteiger partial charge in [-0.1, -0.05) is 6.07 Å². The van der Waals surface area contributed by atoms with E-state index in [2.05, 4.69) is 5.32 Å².